The molecule has 134 valence electrons. The van der Waals surface area contributed by atoms with E-state index in [-0.39, 0.29) is 11.9 Å². The number of hydrogen-bond donors (Lipinski definition) is 1. The Bertz CT molecular complexity index is 837. The van der Waals surface area contributed by atoms with E-state index in [1.54, 1.807) is 0 Å². The van der Waals surface area contributed by atoms with Crippen LogP contribution in [0.3, 0.4) is 0 Å². The highest BCUT2D eigenvalue weighted by atomic mass is 16.1. The van der Waals surface area contributed by atoms with Crippen LogP contribution in [0.4, 0.5) is 0 Å². The number of nitrogens with one attached hydrogen (secondary N) is 1. The lowest BCUT2D eigenvalue weighted by atomic mass is 10.1. The Morgan fingerprint density at radius 1 is 1.08 bits per heavy atom. The summed E-state index contributed by atoms with van der Waals surface area (Å²) in [6, 6.07) is 18.4. The number of benzene rings is 1. The first-order chi connectivity index (χ1) is 12.6. The van der Waals surface area contributed by atoms with Gasteiger partial charge in [0, 0.05) is 30.7 Å². The van der Waals surface area contributed by atoms with Gasteiger partial charge in [-0.15, -0.1) is 0 Å². The third-order valence-corrected chi connectivity index (χ3v) is 4.53. The minimum atomic E-state index is -0.0324. The predicted octanol–water partition coefficient (Wildman–Crippen LogP) is 3.97. The van der Waals surface area contributed by atoms with Gasteiger partial charge < -0.3 is 9.88 Å². The minimum Gasteiger partial charge on any atom is -0.350 e. The van der Waals surface area contributed by atoms with Crippen LogP contribution in [0.2, 0.25) is 0 Å². The molecule has 1 N–H and O–H groups in total. The lowest BCUT2D eigenvalue weighted by molar-refractivity contribution is 0.0943. The highest BCUT2D eigenvalue weighted by Gasteiger charge is 2.15. The van der Waals surface area contributed by atoms with Crippen LogP contribution in [0.5, 0.6) is 0 Å². The van der Waals surface area contributed by atoms with E-state index < -0.39 is 0 Å². The molecule has 0 saturated heterocycles. The number of hydrogen-bond acceptors (Lipinski definition) is 2. The highest BCUT2D eigenvalue weighted by molar-refractivity contribution is 5.92. The Balaban J connectivity index is 1.58. The fraction of sp³-hybridized carbons (Fsp3) is 0.273. The number of carbonyl (C=O) groups is 1. The predicted molar refractivity (Wildman–Crippen MR) is 104 cm³/mol. The molecule has 0 aliphatic carbocycles. The standard InChI is InChI=1S/C22H25N3O/c1-17-10-11-20(16-24-17)12-13-23-22(26)21-9-6-14-25(21)18(2)15-19-7-4-3-5-8-19/h3-11,14,16,18H,12-13,15H2,1-2H3,(H,23,26). The molecule has 0 radical (unpaired) electrons. The van der Waals surface area contributed by atoms with Crippen molar-refractivity contribution >= 4 is 5.91 Å². The van der Waals surface area contributed by atoms with Crippen LogP contribution < -0.4 is 5.32 Å². The molecule has 2 heterocycles. The Hall–Kier alpha value is -2.88. The van der Waals surface area contributed by atoms with Gasteiger partial charge in [-0.25, -0.2) is 0 Å². The lowest BCUT2D eigenvalue weighted by Gasteiger charge is -2.17. The Labute approximate surface area is 154 Å². The van der Waals surface area contributed by atoms with Crippen molar-refractivity contribution in [2.75, 3.05) is 6.54 Å². The van der Waals surface area contributed by atoms with Crippen molar-refractivity contribution in [1.82, 2.24) is 14.9 Å². The smallest absolute Gasteiger partial charge is 0.267 e. The van der Waals surface area contributed by atoms with Crippen LogP contribution in [0.25, 0.3) is 0 Å². The van der Waals surface area contributed by atoms with Crippen molar-refractivity contribution < 1.29 is 4.79 Å². The molecule has 4 heteroatoms. The van der Waals surface area contributed by atoms with Crippen LogP contribution in [0.1, 0.15) is 40.3 Å². The number of aryl methyl sites for hydroxylation is 1. The average molecular weight is 347 g/mol. The quantitative estimate of drug-likeness (QED) is 0.703. The first kappa shape index (κ1) is 17.9. The normalized spacial score (nSPS) is 11.9. The minimum absolute atomic E-state index is 0.0324. The van der Waals surface area contributed by atoms with E-state index >= 15 is 0 Å². The fourth-order valence-electron chi connectivity index (χ4n) is 3.08. The van der Waals surface area contributed by atoms with Crippen LogP contribution in [0, 0.1) is 6.92 Å². The van der Waals surface area contributed by atoms with Crippen LogP contribution in [-0.4, -0.2) is 22.0 Å². The number of aromatic nitrogens is 2. The topological polar surface area (TPSA) is 46.9 Å². The Morgan fingerprint density at radius 3 is 2.62 bits per heavy atom. The zero-order valence-corrected chi connectivity index (χ0v) is 15.4. The summed E-state index contributed by atoms with van der Waals surface area (Å²) in [6.45, 7) is 4.71. The van der Waals surface area contributed by atoms with E-state index in [0.717, 1.165) is 24.1 Å². The average Bonchev–Trinajstić information content (AvgIpc) is 3.14. The van der Waals surface area contributed by atoms with Gasteiger partial charge in [0.1, 0.15) is 5.69 Å². The molecular weight excluding hydrogens is 322 g/mol. The molecule has 0 aliphatic heterocycles. The van der Waals surface area contributed by atoms with Crippen molar-refractivity contribution in [3.63, 3.8) is 0 Å². The summed E-state index contributed by atoms with van der Waals surface area (Å²) in [4.78, 5) is 16.9. The summed E-state index contributed by atoms with van der Waals surface area (Å²) < 4.78 is 2.05. The second-order valence-electron chi connectivity index (χ2n) is 6.65. The highest BCUT2D eigenvalue weighted by Crippen LogP contribution is 2.17. The van der Waals surface area contributed by atoms with Gasteiger partial charge in [0.25, 0.3) is 5.91 Å². The maximum atomic E-state index is 12.6. The van der Waals surface area contributed by atoms with E-state index in [1.807, 2.05) is 55.7 Å². The fourth-order valence-corrected chi connectivity index (χ4v) is 3.08. The third kappa shape index (κ3) is 4.60. The molecule has 1 aromatic carbocycles. The molecule has 3 rings (SSSR count). The lowest BCUT2D eigenvalue weighted by Crippen LogP contribution is -2.28. The molecule has 3 aromatic rings. The number of amides is 1. The second kappa shape index (κ2) is 8.48. The van der Waals surface area contributed by atoms with Gasteiger partial charge in [-0.3, -0.25) is 9.78 Å². The molecule has 2 aromatic heterocycles. The van der Waals surface area contributed by atoms with Crippen LogP contribution in [-0.2, 0) is 12.8 Å². The van der Waals surface area contributed by atoms with Crippen molar-refractivity contribution in [3.8, 4) is 0 Å². The molecule has 0 spiro atoms. The SMILES string of the molecule is Cc1ccc(CCNC(=O)c2cccn2C(C)Cc2ccccc2)cn1. The molecule has 1 unspecified atom stereocenters. The Kier molecular flexibility index (Phi) is 5.84. The molecule has 0 aliphatic rings. The van der Waals surface area contributed by atoms with Crippen molar-refractivity contribution in [2.45, 2.75) is 32.7 Å². The van der Waals surface area contributed by atoms with Gasteiger partial charge in [0.15, 0.2) is 0 Å². The van der Waals surface area contributed by atoms with E-state index in [9.17, 15) is 4.79 Å². The molecule has 0 fully saturated rings. The molecule has 1 amide bonds. The number of carbonyl (C=O) groups excluding carboxylic acids is 1. The number of nitrogens with zero attached hydrogens (tertiary/aromatic N) is 2. The van der Waals surface area contributed by atoms with Crippen LogP contribution >= 0.6 is 0 Å². The van der Waals surface area contributed by atoms with Gasteiger partial charge >= 0.3 is 0 Å². The second-order valence-corrected chi connectivity index (χ2v) is 6.65. The van der Waals surface area contributed by atoms with Crippen molar-refractivity contribution in [1.29, 1.82) is 0 Å². The number of pyridine rings is 1. The van der Waals surface area contributed by atoms with E-state index in [2.05, 4.69) is 40.0 Å². The van der Waals surface area contributed by atoms with Crippen molar-refractivity contribution in [2.24, 2.45) is 0 Å². The van der Waals surface area contributed by atoms with Gasteiger partial charge in [0.05, 0.1) is 0 Å². The first-order valence-electron chi connectivity index (χ1n) is 9.04. The van der Waals surface area contributed by atoms with Gasteiger partial charge in [-0.1, -0.05) is 36.4 Å². The molecule has 4 nitrogen and oxygen atoms in total. The molecular formula is C22H25N3O. The largest absolute Gasteiger partial charge is 0.350 e. The van der Waals surface area contributed by atoms with Crippen LogP contribution in [0.15, 0.2) is 67.0 Å². The summed E-state index contributed by atoms with van der Waals surface area (Å²) >= 11 is 0. The molecule has 26 heavy (non-hydrogen) atoms. The van der Waals surface area contributed by atoms with Gasteiger partial charge in [-0.05, 0) is 56.0 Å². The zero-order chi connectivity index (χ0) is 18.4. The summed E-state index contributed by atoms with van der Waals surface area (Å²) in [7, 11) is 0. The molecule has 1 atom stereocenters. The summed E-state index contributed by atoms with van der Waals surface area (Å²) in [5.41, 5.74) is 4.11. The summed E-state index contributed by atoms with van der Waals surface area (Å²) in [6.07, 6.45) is 5.52. The van der Waals surface area contributed by atoms with Crippen molar-refractivity contribution in [3.05, 3.63) is 89.5 Å². The Morgan fingerprint density at radius 2 is 1.88 bits per heavy atom. The molecule has 0 bridgehead atoms. The maximum absolute atomic E-state index is 12.6. The van der Waals surface area contributed by atoms with Gasteiger partial charge in [0.2, 0.25) is 0 Å². The molecule has 0 saturated carbocycles. The van der Waals surface area contributed by atoms with Gasteiger partial charge in [-0.2, -0.15) is 0 Å². The first-order valence-corrected chi connectivity index (χ1v) is 9.04. The maximum Gasteiger partial charge on any atom is 0.267 e. The summed E-state index contributed by atoms with van der Waals surface area (Å²) in [5, 5.41) is 3.02. The van der Waals surface area contributed by atoms with E-state index in [1.165, 1.54) is 5.56 Å². The monoisotopic (exact) mass is 347 g/mol. The summed E-state index contributed by atoms with van der Waals surface area (Å²) in [5.74, 6) is -0.0324. The third-order valence-electron chi connectivity index (χ3n) is 4.53. The van der Waals surface area contributed by atoms with E-state index in [4.69, 9.17) is 0 Å². The van der Waals surface area contributed by atoms with E-state index in [0.29, 0.717) is 12.2 Å². The zero-order valence-electron chi connectivity index (χ0n) is 15.4. The number of rotatable bonds is 7.